The molecule has 0 amide bonds. The number of ether oxygens (including phenoxy) is 2. The molecule has 7 heteroatoms. The Balaban J connectivity index is 3.27. The van der Waals surface area contributed by atoms with Gasteiger partial charge in [-0.25, -0.2) is 0 Å². The highest BCUT2D eigenvalue weighted by Gasteiger charge is 2.17. The molecular weight excluding hydrogens is 384 g/mol. The average Bonchev–Trinajstić information content (AvgIpc) is 2.17. The Morgan fingerprint density at radius 1 is 1.14 bits per heavy atom. The van der Waals surface area contributed by atoms with Crippen LogP contribution in [0.2, 0.25) is 0 Å². The molecular formula is C7H7Br3N2O2. The summed E-state index contributed by atoms with van der Waals surface area (Å²) in [6.07, 6.45) is 0. The lowest BCUT2D eigenvalue weighted by atomic mass is 10.4. The topological polar surface area (TPSA) is 44.2 Å². The molecule has 0 N–H and O–H groups in total. The molecule has 0 bridgehead atoms. The van der Waals surface area contributed by atoms with Crippen LogP contribution in [0.5, 0.6) is 11.9 Å². The summed E-state index contributed by atoms with van der Waals surface area (Å²) in [7, 11) is 3.04. The average molecular weight is 391 g/mol. The second kappa shape index (κ2) is 5.27. The van der Waals surface area contributed by atoms with Gasteiger partial charge in [0.15, 0.2) is 0 Å². The third-order valence-corrected chi connectivity index (χ3v) is 3.02. The van der Waals surface area contributed by atoms with Gasteiger partial charge in [-0.1, -0.05) is 31.9 Å². The summed E-state index contributed by atoms with van der Waals surface area (Å²) in [5.74, 6) is 0.441. The van der Waals surface area contributed by atoms with E-state index < -0.39 is 0 Å². The molecule has 0 saturated carbocycles. The first kappa shape index (κ1) is 12.2. The van der Waals surface area contributed by atoms with Crippen molar-refractivity contribution in [3.8, 4) is 11.9 Å². The van der Waals surface area contributed by atoms with E-state index in [1.54, 1.807) is 0 Å². The maximum Gasteiger partial charge on any atom is 0.319 e. The molecule has 0 aliphatic carbocycles. The Morgan fingerprint density at radius 3 is 2.21 bits per heavy atom. The Morgan fingerprint density at radius 2 is 1.79 bits per heavy atom. The number of nitrogens with zero attached hydrogens (tertiary/aromatic N) is 2. The molecule has 1 aromatic heterocycles. The van der Waals surface area contributed by atoms with E-state index in [9.17, 15) is 0 Å². The number of aromatic nitrogens is 2. The summed E-state index contributed by atoms with van der Waals surface area (Å²) in [6.45, 7) is 0. The van der Waals surface area contributed by atoms with Crippen LogP contribution in [0.4, 0.5) is 0 Å². The van der Waals surface area contributed by atoms with Crippen LogP contribution in [-0.4, -0.2) is 24.2 Å². The Kier molecular flexibility index (Phi) is 4.59. The fourth-order valence-electron chi connectivity index (χ4n) is 0.794. The summed E-state index contributed by atoms with van der Waals surface area (Å²) in [5, 5.41) is 0. The highest BCUT2D eigenvalue weighted by Crippen LogP contribution is 2.37. The monoisotopic (exact) mass is 388 g/mol. The minimum atomic E-state index is -0.0878. The number of methoxy groups -OCH3 is 2. The van der Waals surface area contributed by atoms with E-state index in [2.05, 4.69) is 57.8 Å². The fraction of sp³-hybridized carbons (Fsp3) is 0.429. The SMILES string of the molecule is COc1nc(OC)c(Br)c(C(Br)Br)n1. The van der Waals surface area contributed by atoms with Crippen molar-refractivity contribution in [2.45, 2.75) is 3.74 Å². The summed E-state index contributed by atoms with van der Waals surface area (Å²) < 4.78 is 10.6. The number of rotatable bonds is 3. The fourth-order valence-corrected chi connectivity index (χ4v) is 2.64. The smallest absolute Gasteiger partial charge is 0.319 e. The van der Waals surface area contributed by atoms with Gasteiger partial charge in [0, 0.05) is 0 Å². The molecule has 0 radical (unpaired) electrons. The van der Waals surface area contributed by atoms with Crippen molar-refractivity contribution in [1.29, 1.82) is 0 Å². The van der Waals surface area contributed by atoms with Crippen molar-refractivity contribution in [3.05, 3.63) is 10.2 Å². The zero-order valence-electron chi connectivity index (χ0n) is 7.42. The van der Waals surface area contributed by atoms with Gasteiger partial charge in [0.05, 0.1) is 19.9 Å². The van der Waals surface area contributed by atoms with E-state index in [4.69, 9.17) is 9.47 Å². The van der Waals surface area contributed by atoms with Crippen molar-refractivity contribution in [3.63, 3.8) is 0 Å². The molecule has 1 aromatic rings. The van der Waals surface area contributed by atoms with Gasteiger partial charge in [-0.2, -0.15) is 9.97 Å². The first-order valence-corrected chi connectivity index (χ1v) is 6.16. The van der Waals surface area contributed by atoms with E-state index >= 15 is 0 Å². The molecule has 0 spiro atoms. The molecule has 78 valence electrons. The van der Waals surface area contributed by atoms with Crippen molar-refractivity contribution in [2.24, 2.45) is 0 Å². The van der Waals surface area contributed by atoms with Crippen molar-refractivity contribution < 1.29 is 9.47 Å². The summed E-state index contributed by atoms with van der Waals surface area (Å²) in [6, 6.07) is 0.268. The van der Waals surface area contributed by atoms with Gasteiger partial charge in [0.1, 0.15) is 8.21 Å². The molecule has 4 nitrogen and oxygen atoms in total. The predicted octanol–water partition coefficient (Wildman–Crippen LogP) is 3.04. The number of halogens is 3. The van der Waals surface area contributed by atoms with E-state index in [0.29, 0.717) is 16.0 Å². The first-order chi connectivity index (χ1) is 6.60. The minimum Gasteiger partial charge on any atom is -0.480 e. The molecule has 1 heterocycles. The third-order valence-electron chi connectivity index (χ3n) is 1.41. The highest BCUT2D eigenvalue weighted by molar-refractivity contribution is 9.24. The van der Waals surface area contributed by atoms with Gasteiger partial charge in [-0.3, -0.25) is 0 Å². The summed E-state index contributed by atoms with van der Waals surface area (Å²) in [4.78, 5) is 8.15. The largest absolute Gasteiger partial charge is 0.480 e. The zero-order chi connectivity index (χ0) is 10.7. The Bertz CT molecular complexity index is 333. The molecule has 1 rings (SSSR count). The molecule has 0 aliphatic rings. The quantitative estimate of drug-likeness (QED) is 0.744. The lowest BCUT2D eigenvalue weighted by Gasteiger charge is -2.09. The highest BCUT2D eigenvalue weighted by atomic mass is 79.9. The molecule has 0 aliphatic heterocycles. The number of hydrogen-bond donors (Lipinski definition) is 0. The Hall–Kier alpha value is 0.120. The van der Waals surface area contributed by atoms with E-state index in [1.165, 1.54) is 14.2 Å². The minimum absolute atomic E-state index is 0.0878. The lowest BCUT2D eigenvalue weighted by Crippen LogP contribution is -2.01. The van der Waals surface area contributed by atoms with Gasteiger partial charge >= 0.3 is 6.01 Å². The Labute approximate surface area is 107 Å². The van der Waals surface area contributed by atoms with Gasteiger partial charge in [0.2, 0.25) is 5.88 Å². The molecule has 0 saturated heterocycles. The lowest BCUT2D eigenvalue weighted by molar-refractivity contribution is 0.348. The predicted molar refractivity (Wildman–Crippen MR) is 63.4 cm³/mol. The molecule has 0 fully saturated rings. The van der Waals surface area contributed by atoms with E-state index in [0.717, 1.165) is 0 Å². The normalized spacial score (nSPS) is 10.4. The van der Waals surface area contributed by atoms with Gasteiger partial charge < -0.3 is 9.47 Å². The molecule has 0 aromatic carbocycles. The third kappa shape index (κ3) is 2.58. The second-order valence-electron chi connectivity index (χ2n) is 2.22. The van der Waals surface area contributed by atoms with Gasteiger partial charge in [-0.15, -0.1) is 0 Å². The van der Waals surface area contributed by atoms with Crippen LogP contribution in [0.3, 0.4) is 0 Å². The second-order valence-corrected chi connectivity index (χ2v) is 6.07. The maximum absolute atomic E-state index is 5.06. The van der Waals surface area contributed by atoms with Crippen LogP contribution in [0.25, 0.3) is 0 Å². The zero-order valence-corrected chi connectivity index (χ0v) is 12.2. The first-order valence-electron chi connectivity index (χ1n) is 3.53. The van der Waals surface area contributed by atoms with Gasteiger partial charge in [0.25, 0.3) is 0 Å². The van der Waals surface area contributed by atoms with Crippen LogP contribution in [0, 0.1) is 0 Å². The molecule has 0 atom stereocenters. The number of hydrogen-bond acceptors (Lipinski definition) is 4. The summed E-state index contributed by atoms with van der Waals surface area (Å²) >= 11 is 10.0. The van der Waals surface area contributed by atoms with Crippen molar-refractivity contribution in [1.82, 2.24) is 9.97 Å². The number of alkyl halides is 2. The standard InChI is InChI=1S/C7H7Br3N2O2/c1-13-6-3(8)4(5(9)10)11-7(12-6)14-2/h5H,1-2H3. The van der Waals surface area contributed by atoms with Gasteiger partial charge in [-0.05, 0) is 15.9 Å². The van der Waals surface area contributed by atoms with E-state index in [1.807, 2.05) is 0 Å². The van der Waals surface area contributed by atoms with Crippen LogP contribution in [-0.2, 0) is 0 Å². The van der Waals surface area contributed by atoms with Crippen LogP contribution < -0.4 is 9.47 Å². The molecule has 14 heavy (non-hydrogen) atoms. The van der Waals surface area contributed by atoms with E-state index in [-0.39, 0.29) is 9.75 Å². The summed E-state index contributed by atoms with van der Waals surface area (Å²) in [5.41, 5.74) is 0.716. The van der Waals surface area contributed by atoms with Crippen LogP contribution in [0.15, 0.2) is 4.47 Å². The van der Waals surface area contributed by atoms with Crippen molar-refractivity contribution in [2.75, 3.05) is 14.2 Å². The van der Waals surface area contributed by atoms with Crippen molar-refractivity contribution >= 4 is 47.8 Å². The molecule has 0 unspecified atom stereocenters. The van der Waals surface area contributed by atoms with Crippen LogP contribution in [0.1, 0.15) is 9.43 Å². The van der Waals surface area contributed by atoms with Crippen LogP contribution >= 0.6 is 47.8 Å². The maximum atomic E-state index is 5.06.